The van der Waals surface area contributed by atoms with Gasteiger partial charge in [-0.1, -0.05) is 32.9 Å². The van der Waals surface area contributed by atoms with Crippen molar-refractivity contribution in [2.24, 2.45) is 0 Å². The van der Waals surface area contributed by atoms with E-state index in [1.54, 1.807) is 0 Å². The molecule has 0 bridgehead atoms. The summed E-state index contributed by atoms with van der Waals surface area (Å²) in [6.45, 7) is 10.8. The number of rotatable bonds is 10. The van der Waals surface area contributed by atoms with Gasteiger partial charge in [0.15, 0.2) is 0 Å². The van der Waals surface area contributed by atoms with Crippen LogP contribution in [-0.4, -0.2) is 24.2 Å². The number of thioether (sulfide) groups is 1. The summed E-state index contributed by atoms with van der Waals surface area (Å²) in [4.78, 5) is 0. The Kier molecular flexibility index (Phi) is 8.20. The van der Waals surface area contributed by atoms with E-state index in [4.69, 9.17) is 4.74 Å². The third kappa shape index (κ3) is 5.55. The molecular formula is C18H31NOS. The van der Waals surface area contributed by atoms with Gasteiger partial charge in [0.25, 0.3) is 0 Å². The van der Waals surface area contributed by atoms with Crippen LogP contribution in [0.3, 0.4) is 0 Å². The lowest BCUT2D eigenvalue weighted by molar-refractivity contribution is 0.317. The summed E-state index contributed by atoms with van der Waals surface area (Å²) < 4.78 is 5.99. The van der Waals surface area contributed by atoms with Gasteiger partial charge in [-0.2, -0.15) is 11.8 Å². The quantitative estimate of drug-likeness (QED) is 0.653. The second-order valence-corrected chi connectivity index (χ2v) is 6.89. The van der Waals surface area contributed by atoms with E-state index in [0.29, 0.717) is 10.8 Å². The molecule has 0 fully saturated rings. The van der Waals surface area contributed by atoms with Gasteiger partial charge in [0.1, 0.15) is 5.75 Å². The molecule has 1 aromatic rings. The molecule has 0 amide bonds. The average Bonchev–Trinajstić information content (AvgIpc) is 2.55. The van der Waals surface area contributed by atoms with E-state index in [-0.39, 0.29) is 0 Å². The Balaban J connectivity index is 2.57. The Morgan fingerprint density at radius 2 is 1.76 bits per heavy atom. The fourth-order valence-corrected chi connectivity index (χ4v) is 3.20. The molecule has 120 valence electrons. The standard InChI is InChI=1S/C18H31NOS/c1-6-13-20-17-11-9-16(10-12-17)15(4)19-14-18(7-2,8-3)21-5/h9-12,15,19H,6-8,13-14H2,1-5H3. The Bertz CT molecular complexity index is 378. The van der Waals surface area contributed by atoms with Crippen molar-refractivity contribution in [1.29, 1.82) is 0 Å². The second-order valence-electron chi connectivity index (χ2n) is 5.61. The highest BCUT2D eigenvalue weighted by Gasteiger charge is 2.25. The van der Waals surface area contributed by atoms with Gasteiger partial charge in [-0.15, -0.1) is 0 Å². The molecule has 1 unspecified atom stereocenters. The summed E-state index contributed by atoms with van der Waals surface area (Å²) in [5, 5.41) is 3.69. The topological polar surface area (TPSA) is 21.3 Å². The van der Waals surface area contributed by atoms with Crippen molar-refractivity contribution in [3.8, 4) is 5.75 Å². The fraction of sp³-hybridized carbons (Fsp3) is 0.667. The SMILES string of the molecule is CCCOc1ccc(C(C)NCC(CC)(CC)SC)cc1. The highest BCUT2D eigenvalue weighted by atomic mass is 32.2. The zero-order valence-electron chi connectivity index (χ0n) is 14.2. The summed E-state index contributed by atoms with van der Waals surface area (Å²) in [6.07, 6.45) is 5.67. The molecule has 0 aliphatic carbocycles. The van der Waals surface area contributed by atoms with Crippen molar-refractivity contribution in [3.05, 3.63) is 29.8 Å². The van der Waals surface area contributed by atoms with Crippen LogP contribution >= 0.6 is 11.8 Å². The molecule has 0 aromatic heterocycles. The molecule has 0 saturated heterocycles. The second kappa shape index (κ2) is 9.37. The molecular weight excluding hydrogens is 278 g/mol. The molecule has 21 heavy (non-hydrogen) atoms. The van der Waals surface area contributed by atoms with Gasteiger partial charge in [-0.25, -0.2) is 0 Å². The van der Waals surface area contributed by atoms with E-state index < -0.39 is 0 Å². The van der Waals surface area contributed by atoms with Crippen molar-refractivity contribution >= 4 is 11.8 Å². The largest absolute Gasteiger partial charge is 0.494 e. The smallest absolute Gasteiger partial charge is 0.119 e. The first-order valence-corrected chi connectivity index (χ1v) is 9.34. The van der Waals surface area contributed by atoms with E-state index in [1.165, 1.54) is 18.4 Å². The van der Waals surface area contributed by atoms with E-state index in [0.717, 1.165) is 25.3 Å². The van der Waals surface area contributed by atoms with Gasteiger partial charge < -0.3 is 10.1 Å². The van der Waals surface area contributed by atoms with Crippen LogP contribution in [0.15, 0.2) is 24.3 Å². The number of benzene rings is 1. The Morgan fingerprint density at radius 3 is 2.24 bits per heavy atom. The van der Waals surface area contributed by atoms with Crippen LogP contribution in [-0.2, 0) is 0 Å². The Hall–Kier alpha value is -0.670. The molecule has 0 heterocycles. The summed E-state index contributed by atoms with van der Waals surface area (Å²) >= 11 is 1.98. The van der Waals surface area contributed by atoms with Crippen molar-refractivity contribution in [3.63, 3.8) is 0 Å². The molecule has 0 aliphatic heterocycles. The van der Waals surface area contributed by atoms with Crippen molar-refractivity contribution < 1.29 is 4.74 Å². The lowest BCUT2D eigenvalue weighted by atomic mass is 10.0. The normalized spacial score (nSPS) is 13.2. The third-order valence-corrected chi connectivity index (χ3v) is 5.89. The van der Waals surface area contributed by atoms with Gasteiger partial charge in [0.2, 0.25) is 0 Å². The van der Waals surface area contributed by atoms with Crippen LogP contribution in [0.5, 0.6) is 5.75 Å². The lowest BCUT2D eigenvalue weighted by Crippen LogP contribution is -2.37. The maximum absolute atomic E-state index is 5.63. The fourth-order valence-electron chi connectivity index (χ4n) is 2.39. The molecule has 3 heteroatoms. The molecule has 1 aromatic carbocycles. The Morgan fingerprint density at radius 1 is 1.14 bits per heavy atom. The first-order valence-electron chi connectivity index (χ1n) is 8.12. The molecule has 0 aliphatic rings. The van der Waals surface area contributed by atoms with Crippen LogP contribution in [0.4, 0.5) is 0 Å². The van der Waals surface area contributed by atoms with Crippen LogP contribution in [0.2, 0.25) is 0 Å². The van der Waals surface area contributed by atoms with Crippen LogP contribution in [0.1, 0.15) is 58.6 Å². The van der Waals surface area contributed by atoms with Crippen LogP contribution in [0.25, 0.3) is 0 Å². The maximum atomic E-state index is 5.63. The van der Waals surface area contributed by atoms with Crippen molar-refractivity contribution in [2.75, 3.05) is 19.4 Å². The predicted octanol–water partition coefficient (Wildman–Crippen LogP) is 5.05. The minimum absolute atomic E-state index is 0.360. The van der Waals surface area contributed by atoms with E-state index in [2.05, 4.69) is 63.5 Å². The summed E-state index contributed by atoms with van der Waals surface area (Å²) in [6, 6.07) is 8.85. The zero-order chi connectivity index (χ0) is 15.7. The molecule has 2 nitrogen and oxygen atoms in total. The van der Waals surface area contributed by atoms with Crippen LogP contribution < -0.4 is 10.1 Å². The lowest BCUT2D eigenvalue weighted by Gasteiger charge is -2.31. The molecule has 0 spiro atoms. The molecule has 1 atom stereocenters. The molecule has 0 radical (unpaired) electrons. The third-order valence-electron chi connectivity index (χ3n) is 4.31. The molecule has 0 saturated carbocycles. The highest BCUT2D eigenvalue weighted by molar-refractivity contribution is 8.00. The van der Waals surface area contributed by atoms with Crippen molar-refractivity contribution in [2.45, 2.75) is 57.7 Å². The van der Waals surface area contributed by atoms with Gasteiger partial charge >= 0.3 is 0 Å². The molecule has 1 N–H and O–H groups in total. The van der Waals surface area contributed by atoms with E-state index >= 15 is 0 Å². The summed E-state index contributed by atoms with van der Waals surface area (Å²) in [5.41, 5.74) is 1.32. The van der Waals surface area contributed by atoms with Gasteiger partial charge in [0, 0.05) is 17.3 Å². The average molecular weight is 310 g/mol. The van der Waals surface area contributed by atoms with Gasteiger partial charge in [0.05, 0.1) is 6.61 Å². The number of ether oxygens (including phenoxy) is 1. The first kappa shape index (κ1) is 18.4. The maximum Gasteiger partial charge on any atom is 0.119 e. The summed E-state index contributed by atoms with van der Waals surface area (Å²) in [5.74, 6) is 0.966. The highest BCUT2D eigenvalue weighted by Crippen LogP contribution is 2.30. The number of nitrogens with one attached hydrogen (secondary N) is 1. The minimum atomic E-state index is 0.360. The Labute approximate surface area is 135 Å². The monoisotopic (exact) mass is 309 g/mol. The number of hydrogen-bond donors (Lipinski definition) is 1. The minimum Gasteiger partial charge on any atom is -0.494 e. The molecule has 1 rings (SSSR count). The first-order chi connectivity index (χ1) is 10.1. The predicted molar refractivity (Wildman–Crippen MR) is 95.5 cm³/mol. The number of hydrogen-bond acceptors (Lipinski definition) is 3. The van der Waals surface area contributed by atoms with Crippen molar-refractivity contribution in [1.82, 2.24) is 5.32 Å². The van der Waals surface area contributed by atoms with E-state index in [9.17, 15) is 0 Å². The zero-order valence-corrected chi connectivity index (χ0v) is 15.1. The van der Waals surface area contributed by atoms with Gasteiger partial charge in [-0.3, -0.25) is 0 Å². The van der Waals surface area contributed by atoms with Gasteiger partial charge in [-0.05, 0) is 50.1 Å². The van der Waals surface area contributed by atoms with Crippen LogP contribution in [0, 0.1) is 0 Å². The summed E-state index contributed by atoms with van der Waals surface area (Å²) in [7, 11) is 0. The van der Waals surface area contributed by atoms with E-state index in [1.807, 2.05) is 11.8 Å².